The van der Waals surface area contributed by atoms with Crippen molar-refractivity contribution in [3.8, 4) is 0 Å². The lowest BCUT2D eigenvalue weighted by Gasteiger charge is -2.44. The summed E-state index contributed by atoms with van der Waals surface area (Å²) in [7, 11) is 4.15. The van der Waals surface area contributed by atoms with Gasteiger partial charge in [0.25, 0.3) is 0 Å². The summed E-state index contributed by atoms with van der Waals surface area (Å²) in [5, 5.41) is 0. The van der Waals surface area contributed by atoms with Gasteiger partial charge in [-0.05, 0) is 26.1 Å². The minimum absolute atomic E-state index is 0.0868. The Morgan fingerprint density at radius 2 is 2.09 bits per heavy atom. The van der Waals surface area contributed by atoms with Gasteiger partial charge >= 0.3 is 0 Å². The first-order valence-electron chi connectivity index (χ1n) is 7.58. The number of halogens is 1. The van der Waals surface area contributed by atoms with E-state index in [2.05, 4.69) is 33.7 Å². The molecule has 2 atom stereocenters. The van der Waals surface area contributed by atoms with E-state index in [1.54, 1.807) is 12.3 Å². The SMILES string of the molecule is C[C@@H]1CN(C)CCN1C1N=C(c2ccncc2F)C=CN1C. The zero-order chi connectivity index (χ0) is 15.7. The Bertz CT molecular complexity index is 600. The van der Waals surface area contributed by atoms with E-state index in [1.165, 1.54) is 6.20 Å². The third-order valence-corrected chi connectivity index (χ3v) is 4.31. The van der Waals surface area contributed by atoms with Gasteiger partial charge in [-0.3, -0.25) is 9.88 Å². The van der Waals surface area contributed by atoms with Crippen molar-refractivity contribution in [3.63, 3.8) is 0 Å². The Labute approximate surface area is 130 Å². The van der Waals surface area contributed by atoms with Gasteiger partial charge in [-0.2, -0.15) is 0 Å². The Morgan fingerprint density at radius 3 is 2.82 bits per heavy atom. The smallest absolute Gasteiger partial charge is 0.179 e. The molecule has 1 saturated heterocycles. The lowest BCUT2D eigenvalue weighted by molar-refractivity contribution is 0.0128. The topological polar surface area (TPSA) is 35.0 Å². The quantitative estimate of drug-likeness (QED) is 0.827. The molecule has 1 unspecified atom stereocenters. The van der Waals surface area contributed by atoms with E-state index in [0.717, 1.165) is 19.6 Å². The minimum Gasteiger partial charge on any atom is -0.347 e. The summed E-state index contributed by atoms with van der Waals surface area (Å²) in [6.45, 7) is 5.20. The van der Waals surface area contributed by atoms with Gasteiger partial charge in [0.2, 0.25) is 0 Å². The van der Waals surface area contributed by atoms with E-state index in [4.69, 9.17) is 4.99 Å². The fraction of sp³-hybridized carbons (Fsp3) is 0.500. The number of likely N-dealkylation sites (N-methyl/N-ethyl adjacent to an activating group) is 1. The van der Waals surface area contributed by atoms with Crippen LogP contribution < -0.4 is 0 Å². The van der Waals surface area contributed by atoms with Gasteiger partial charge in [0.15, 0.2) is 12.1 Å². The monoisotopic (exact) mass is 303 g/mol. The molecule has 0 radical (unpaired) electrons. The van der Waals surface area contributed by atoms with Crippen molar-refractivity contribution in [3.05, 3.63) is 42.1 Å². The molecular weight excluding hydrogens is 281 g/mol. The number of allylic oxidation sites excluding steroid dienone is 1. The van der Waals surface area contributed by atoms with Crippen LogP contribution in [0.4, 0.5) is 4.39 Å². The molecule has 22 heavy (non-hydrogen) atoms. The Kier molecular flexibility index (Phi) is 4.22. The molecule has 3 rings (SSSR count). The maximum Gasteiger partial charge on any atom is 0.179 e. The molecule has 0 bridgehead atoms. The third kappa shape index (κ3) is 2.89. The third-order valence-electron chi connectivity index (χ3n) is 4.31. The van der Waals surface area contributed by atoms with Crippen LogP contribution >= 0.6 is 0 Å². The molecule has 0 aromatic carbocycles. The van der Waals surface area contributed by atoms with Crippen molar-refractivity contribution in [2.75, 3.05) is 33.7 Å². The fourth-order valence-electron chi connectivity index (χ4n) is 3.07. The maximum atomic E-state index is 14.0. The standard InChI is InChI=1S/C16H22FN5/c1-12-11-20(2)8-9-22(12)16-19-15(5-7-21(16)3)13-4-6-18-10-14(13)17/h4-7,10,12,16H,8-9,11H2,1-3H3/t12-,16?/m1/s1. The molecule has 0 spiro atoms. The van der Waals surface area contributed by atoms with Crippen LogP contribution in [0.2, 0.25) is 0 Å². The zero-order valence-corrected chi connectivity index (χ0v) is 13.3. The Balaban J connectivity index is 1.88. The molecule has 1 fully saturated rings. The Morgan fingerprint density at radius 1 is 1.27 bits per heavy atom. The van der Waals surface area contributed by atoms with Crippen LogP contribution in [0.1, 0.15) is 12.5 Å². The highest BCUT2D eigenvalue weighted by atomic mass is 19.1. The van der Waals surface area contributed by atoms with Gasteiger partial charge in [0.1, 0.15) is 0 Å². The highest BCUT2D eigenvalue weighted by molar-refractivity contribution is 6.09. The van der Waals surface area contributed by atoms with Gasteiger partial charge in [0.05, 0.1) is 11.9 Å². The average molecular weight is 303 g/mol. The second-order valence-electron chi connectivity index (χ2n) is 6.05. The van der Waals surface area contributed by atoms with Gasteiger partial charge in [-0.15, -0.1) is 0 Å². The summed E-state index contributed by atoms with van der Waals surface area (Å²) < 4.78 is 14.0. The van der Waals surface area contributed by atoms with Crippen molar-refractivity contribution in [1.29, 1.82) is 0 Å². The van der Waals surface area contributed by atoms with Crippen molar-refractivity contribution < 1.29 is 4.39 Å². The predicted molar refractivity (Wildman–Crippen MR) is 85.1 cm³/mol. The van der Waals surface area contributed by atoms with Gasteiger partial charge in [-0.1, -0.05) is 0 Å². The van der Waals surface area contributed by atoms with Gasteiger partial charge in [0, 0.05) is 50.7 Å². The molecule has 2 aliphatic heterocycles. The Hall–Kier alpha value is -1.79. The summed E-state index contributed by atoms with van der Waals surface area (Å²) in [5.74, 6) is -0.333. The van der Waals surface area contributed by atoms with Crippen LogP contribution in [-0.4, -0.2) is 71.5 Å². The molecule has 0 saturated carbocycles. The molecule has 1 aromatic heterocycles. The molecule has 0 aliphatic carbocycles. The van der Waals surface area contributed by atoms with E-state index in [9.17, 15) is 4.39 Å². The van der Waals surface area contributed by atoms with Crippen LogP contribution in [0, 0.1) is 5.82 Å². The lowest BCUT2D eigenvalue weighted by Crippen LogP contribution is -2.57. The van der Waals surface area contributed by atoms with E-state index < -0.39 is 0 Å². The average Bonchev–Trinajstić information content (AvgIpc) is 2.49. The second kappa shape index (κ2) is 6.14. The summed E-state index contributed by atoms with van der Waals surface area (Å²) in [5.41, 5.74) is 1.18. The van der Waals surface area contributed by atoms with Gasteiger partial charge < -0.3 is 9.80 Å². The number of nitrogens with zero attached hydrogens (tertiary/aromatic N) is 5. The second-order valence-corrected chi connectivity index (χ2v) is 6.05. The molecule has 2 aliphatic rings. The molecule has 5 nitrogen and oxygen atoms in total. The van der Waals surface area contributed by atoms with E-state index in [1.807, 2.05) is 19.3 Å². The number of piperazine rings is 1. The summed E-state index contributed by atoms with van der Waals surface area (Å²) in [6.07, 6.45) is 6.57. The first-order valence-corrected chi connectivity index (χ1v) is 7.58. The van der Waals surface area contributed by atoms with Crippen LogP contribution in [-0.2, 0) is 0 Å². The molecule has 1 aromatic rings. The highest BCUT2D eigenvalue weighted by Crippen LogP contribution is 2.20. The van der Waals surface area contributed by atoms with Crippen LogP contribution in [0.5, 0.6) is 0 Å². The number of hydrogen-bond acceptors (Lipinski definition) is 5. The zero-order valence-electron chi connectivity index (χ0n) is 13.3. The van der Waals surface area contributed by atoms with Crippen molar-refractivity contribution in [2.24, 2.45) is 4.99 Å². The van der Waals surface area contributed by atoms with Crippen molar-refractivity contribution in [1.82, 2.24) is 19.7 Å². The van der Waals surface area contributed by atoms with E-state index >= 15 is 0 Å². The summed E-state index contributed by atoms with van der Waals surface area (Å²) >= 11 is 0. The molecule has 0 N–H and O–H groups in total. The number of aromatic nitrogens is 1. The maximum absolute atomic E-state index is 14.0. The lowest BCUT2D eigenvalue weighted by atomic mass is 10.1. The molecule has 0 amide bonds. The van der Waals surface area contributed by atoms with Crippen LogP contribution in [0.15, 0.2) is 35.7 Å². The minimum atomic E-state index is -0.333. The predicted octanol–water partition coefficient (Wildman–Crippen LogP) is 1.39. The largest absolute Gasteiger partial charge is 0.347 e. The normalized spacial score (nSPS) is 27.1. The van der Waals surface area contributed by atoms with E-state index in [-0.39, 0.29) is 12.1 Å². The van der Waals surface area contributed by atoms with E-state index in [0.29, 0.717) is 17.3 Å². The highest BCUT2D eigenvalue weighted by Gasteiger charge is 2.31. The molecular formula is C16H22FN5. The van der Waals surface area contributed by atoms with Crippen LogP contribution in [0.25, 0.3) is 0 Å². The first kappa shape index (κ1) is 15.1. The van der Waals surface area contributed by atoms with Crippen molar-refractivity contribution >= 4 is 5.71 Å². The van der Waals surface area contributed by atoms with Crippen LogP contribution in [0.3, 0.4) is 0 Å². The van der Waals surface area contributed by atoms with Gasteiger partial charge in [-0.25, -0.2) is 9.38 Å². The summed E-state index contributed by atoms with van der Waals surface area (Å²) in [4.78, 5) is 15.4. The van der Waals surface area contributed by atoms with Crippen molar-refractivity contribution in [2.45, 2.75) is 19.3 Å². The molecule has 6 heteroatoms. The number of rotatable bonds is 2. The number of aliphatic imine (C=N–C) groups is 1. The number of hydrogen-bond donors (Lipinski definition) is 0. The first-order chi connectivity index (χ1) is 10.6. The fourth-order valence-corrected chi connectivity index (χ4v) is 3.07. The number of pyridine rings is 1. The summed E-state index contributed by atoms with van der Waals surface area (Å²) in [6, 6.07) is 2.08. The molecule has 3 heterocycles. The molecule has 118 valence electrons.